The highest BCUT2D eigenvalue weighted by Gasteiger charge is 2.24. The second kappa shape index (κ2) is 6.11. The number of piperidine rings is 1. The van der Waals surface area contributed by atoms with Crippen LogP contribution in [0.1, 0.15) is 39.5 Å². The predicted octanol–water partition coefficient (Wildman–Crippen LogP) is 1.62. The standard InChI is InChI=1S/C12H24N2O/c1-10-7-11(2)9-14(8-10)12(15)5-3-4-6-13/h10-11H,3-9,13H2,1-2H3. The normalized spacial score (nSPS) is 26.7. The van der Waals surface area contributed by atoms with Gasteiger partial charge in [0.25, 0.3) is 0 Å². The first-order chi connectivity index (χ1) is 7.13. The minimum Gasteiger partial charge on any atom is -0.342 e. The lowest BCUT2D eigenvalue weighted by Gasteiger charge is -2.35. The number of hydrogen-bond donors (Lipinski definition) is 1. The molecule has 3 nitrogen and oxygen atoms in total. The van der Waals surface area contributed by atoms with Crippen molar-refractivity contribution in [3.8, 4) is 0 Å². The first-order valence-corrected chi connectivity index (χ1v) is 6.11. The second-order valence-electron chi connectivity index (χ2n) is 4.99. The van der Waals surface area contributed by atoms with E-state index >= 15 is 0 Å². The van der Waals surface area contributed by atoms with E-state index in [0.717, 1.165) is 25.9 Å². The molecule has 0 aromatic carbocycles. The lowest BCUT2D eigenvalue weighted by Crippen LogP contribution is -2.42. The van der Waals surface area contributed by atoms with E-state index < -0.39 is 0 Å². The number of hydrogen-bond acceptors (Lipinski definition) is 2. The number of likely N-dealkylation sites (tertiary alicyclic amines) is 1. The van der Waals surface area contributed by atoms with Gasteiger partial charge in [0, 0.05) is 19.5 Å². The predicted molar refractivity (Wildman–Crippen MR) is 62.4 cm³/mol. The summed E-state index contributed by atoms with van der Waals surface area (Å²) in [5.74, 6) is 1.64. The van der Waals surface area contributed by atoms with Crippen molar-refractivity contribution in [3.05, 3.63) is 0 Å². The zero-order valence-electron chi connectivity index (χ0n) is 10.0. The lowest BCUT2D eigenvalue weighted by molar-refractivity contribution is -0.134. The van der Waals surface area contributed by atoms with E-state index in [1.807, 2.05) is 4.90 Å². The maximum atomic E-state index is 11.8. The number of carbonyl (C=O) groups excluding carboxylic acids is 1. The molecule has 2 unspecified atom stereocenters. The SMILES string of the molecule is CC1CC(C)CN(C(=O)CCCCN)C1. The van der Waals surface area contributed by atoms with Gasteiger partial charge in [0.2, 0.25) is 5.91 Å². The van der Waals surface area contributed by atoms with Crippen LogP contribution in [0.3, 0.4) is 0 Å². The van der Waals surface area contributed by atoms with Crippen molar-refractivity contribution >= 4 is 5.91 Å². The van der Waals surface area contributed by atoms with E-state index in [1.165, 1.54) is 6.42 Å². The Kier molecular flexibility index (Phi) is 5.09. The van der Waals surface area contributed by atoms with E-state index in [4.69, 9.17) is 5.73 Å². The van der Waals surface area contributed by atoms with E-state index in [9.17, 15) is 4.79 Å². The molecule has 0 saturated carbocycles. The minimum atomic E-state index is 0.321. The average Bonchev–Trinajstić information content (AvgIpc) is 2.16. The molecule has 1 amide bonds. The van der Waals surface area contributed by atoms with Gasteiger partial charge < -0.3 is 10.6 Å². The fraction of sp³-hybridized carbons (Fsp3) is 0.917. The molecule has 0 spiro atoms. The zero-order chi connectivity index (χ0) is 11.3. The molecule has 1 heterocycles. The van der Waals surface area contributed by atoms with Crippen molar-refractivity contribution in [3.63, 3.8) is 0 Å². The van der Waals surface area contributed by atoms with Gasteiger partial charge in [0.15, 0.2) is 0 Å². The summed E-state index contributed by atoms with van der Waals surface area (Å²) in [6.45, 7) is 7.06. The Labute approximate surface area is 93.0 Å². The summed E-state index contributed by atoms with van der Waals surface area (Å²) < 4.78 is 0. The molecule has 0 aliphatic carbocycles. The Hall–Kier alpha value is -0.570. The van der Waals surface area contributed by atoms with Crippen LogP contribution in [0, 0.1) is 11.8 Å². The first kappa shape index (κ1) is 12.5. The number of nitrogens with zero attached hydrogens (tertiary/aromatic N) is 1. The highest BCUT2D eigenvalue weighted by molar-refractivity contribution is 5.76. The van der Waals surface area contributed by atoms with Crippen LogP contribution in [-0.2, 0) is 4.79 Å². The van der Waals surface area contributed by atoms with Crippen molar-refractivity contribution in [2.45, 2.75) is 39.5 Å². The Bertz CT molecular complexity index is 196. The summed E-state index contributed by atoms with van der Waals surface area (Å²) in [7, 11) is 0. The molecule has 88 valence electrons. The molecule has 1 aliphatic rings. The van der Waals surface area contributed by atoms with E-state index in [0.29, 0.717) is 30.7 Å². The third-order valence-corrected chi connectivity index (χ3v) is 3.07. The van der Waals surface area contributed by atoms with Crippen LogP contribution in [-0.4, -0.2) is 30.4 Å². The van der Waals surface area contributed by atoms with Crippen LogP contribution >= 0.6 is 0 Å². The van der Waals surface area contributed by atoms with Gasteiger partial charge in [-0.25, -0.2) is 0 Å². The van der Waals surface area contributed by atoms with Crippen LogP contribution in [0.2, 0.25) is 0 Å². The third kappa shape index (κ3) is 4.20. The maximum Gasteiger partial charge on any atom is 0.222 e. The van der Waals surface area contributed by atoms with Crippen LogP contribution in [0.15, 0.2) is 0 Å². The fourth-order valence-electron chi connectivity index (χ4n) is 2.45. The highest BCUT2D eigenvalue weighted by Crippen LogP contribution is 2.21. The quantitative estimate of drug-likeness (QED) is 0.720. The largest absolute Gasteiger partial charge is 0.342 e. The molecule has 0 aromatic rings. The molecule has 1 saturated heterocycles. The van der Waals surface area contributed by atoms with Crippen molar-refractivity contribution < 1.29 is 4.79 Å². The van der Waals surface area contributed by atoms with E-state index in [2.05, 4.69) is 13.8 Å². The summed E-state index contributed by atoms with van der Waals surface area (Å²) in [5, 5.41) is 0. The average molecular weight is 212 g/mol. The third-order valence-electron chi connectivity index (χ3n) is 3.07. The molecule has 2 N–H and O–H groups in total. The van der Waals surface area contributed by atoms with Crippen LogP contribution in [0.4, 0.5) is 0 Å². The molecule has 1 fully saturated rings. The second-order valence-corrected chi connectivity index (χ2v) is 4.99. The Balaban J connectivity index is 2.31. The molecular weight excluding hydrogens is 188 g/mol. The molecular formula is C12H24N2O. The van der Waals surface area contributed by atoms with Gasteiger partial charge in [0.05, 0.1) is 0 Å². The van der Waals surface area contributed by atoms with E-state index in [-0.39, 0.29) is 0 Å². The van der Waals surface area contributed by atoms with Gasteiger partial charge in [-0.05, 0) is 37.6 Å². The molecule has 1 rings (SSSR count). The summed E-state index contributed by atoms with van der Waals surface area (Å²) in [4.78, 5) is 13.9. The van der Waals surface area contributed by atoms with Crippen molar-refractivity contribution in [2.75, 3.05) is 19.6 Å². The van der Waals surface area contributed by atoms with Crippen LogP contribution in [0.25, 0.3) is 0 Å². The summed E-state index contributed by atoms with van der Waals surface area (Å²) in [5.41, 5.74) is 5.41. The minimum absolute atomic E-state index is 0.321. The van der Waals surface area contributed by atoms with Crippen LogP contribution in [0.5, 0.6) is 0 Å². The van der Waals surface area contributed by atoms with Gasteiger partial charge in [0.1, 0.15) is 0 Å². The molecule has 0 aromatic heterocycles. The highest BCUT2D eigenvalue weighted by atomic mass is 16.2. The number of carbonyl (C=O) groups is 1. The Morgan fingerprint density at radius 2 is 1.87 bits per heavy atom. The van der Waals surface area contributed by atoms with Crippen molar-refractivity contribution in [2.24, 2.45) is 17.6 Å². The molecule has 15 heavy (non-hydrogen) atoms. The molecule has 1 aliphatic heterocycles. The summed E-state index contributed by atoms with van der Waals surface area (Å²) in [6, 6.07) is 0. The van der Waals surface area contributed by atoms with Crippen LogP contribution < -0.4 is 5.73 Å². The number of amides is 1. The topological polar surface area (TPSA) is 46.3 Å². The number of rotatable bonds is 4. The van der Waals surface area contributed by atoms with Gasteiger partial charge in [-0.2, -0.15) is 0 Å². The van der Waals surface area contributed by atoms with Crippen molar-refractivity contribution in [1.82, 2.24) is 4.90 Å². The summed E-state index contributed by atoms with van der Waals surface area (Å²) >= 11 is 0. The molecule has 0 radical (unpaired) electrons. The van der Waals surface area contributed by atoms with Gasteiger partial charge >= 0.3 is 0 Å². The van der Waals surface area contributed by atoms with Gasteiger partial charge in [-0.1, -0.05) is 13.8 Å². The Morgan fingerprint density at radius 3 is 2.40 bits per heavy atom. The van der Waals surface area contributed by atoms with E-state index in [1.54, 1.807) is 0 Å². The molecule has 0 bridgehead atoms. The first-order valence-electron chi connectivity index (χ1n) is 6.11. The summed E-state index contributed by atoms with van der Waals surface area (Å²) in [6.07, 6.45) is 3.84. The fourth-order valence-corrected chi connectivity index (χ4v) is 2.45. The molecule has 2 atom stereocenters. The monoisotopic (exact) mass is 212 g/mol. The lowest BCUT2D eigenvalue weighted by atomic mass is 9.91. The Morgan fingerprint density at radius 1 is 1.27 bits per heavy atom. The maximum absolute atomic E-state index is 11.8. The molecule has 3 heteroatoms. The van der Waals surface area contributed by atoms with Crippen molar-refractivity contribution in [1.29, 1.82) is 0 Å². The zero-order valence-corrected chi connectivity index (χ0v) is 10.0. The number of nitrogens with two attached hydrogens (primary N) is 1. The number of unbranched alkanes of at least 4 members (excludes halogenated alkanes) is 1. The van der Waals surface area contributed by atoms with Gasteiger partial charge in [-0.15, -0.1) is 0 Å². The van der Waals surface area contributed by atoms with Gasteiger partial charge in [-0.3, -0.25) is 4.79 Å². The smallest absolute Gasteiger partial charge is 0.222 e.